The Balaban J connectivity index is 1.63. The minimum Gasteiger partial charge on any atom is -0.465 e. The molecule has 1 heterocycles. The van der Waals surface area contributed by atoms with Crippen molar-refractivity contribution in [2.75, 3.05) is 11.8 Å². The topological polar surface area (TPSA) is 107 Å². The Hall–Kier alpha value is -4.02. The van der Waals surface area contributed by atoms with Crippen molar-refractivity contribution in [2.45, 2.75) is 11.4 Å². The molecule has 178 valence electrons. The molecule has 1 amide bonds. The molecular weight excluding hydrogens is 486 g/mol. The largest absolute Gasteiger partial charge is 0.465 e. The van der Waals surface area contributed by atoms with Crippen LogP contribution in [0.4, 0.5) is 5.69 Å². The normalized spacial score (nSPS) is 11.9. The number of benzene rings is 3. The summed E-state index contributed by atoms with van der Waals surface area (Å²) in [6, 6.07) is 19.2. The third-order valence-corrected chi connectivity index (χ3v) is 7.49. The maximum Gasteiger partial charge on any atom is 0.337 e. The number of carbonyl (C=O) groups excluding carboxylic acids is 2. The van der Waals surface area contributed by atoms with Crippen molar-refractivity contribution < 1.29 is 22.7 Å². The van der Waals surface area contributed by atoms with Gasteiger partial charge in [-0.1, -0.05) is 35.6 Å². The van der Waals surface area contributed by atoms with Gasteiger partial charge in [0.25, 0.3) is 15.9 Å². The molecule has 35 heavy (non-hydrogen) atoms. The number of amides is 1. The number of nitrogens with one attached hydrogen (secondary N) is 1. The monoisotopic (exact) mass is 507 g/mol. The number of esters is 1. The summed E-state index contributed by atoms with van der Waals surface area (Å²) in [4.78, 5) is 29.6. The first-order valence-corrected chi connectivity index (χ1v) is 12.7. The molecule has 0 spiro atoms. The van der Waals surface area contributed by atoms with Gasteiger partial charge in [-0.15, -0.1) is 6.58 Å². The van der Waals surface area contributed by atoms with E-state index in [9.17, 15) is 18.0 Å². The van der Waals surface area contributed by atoms with E-state index in [1.165, 1.54) is 54.8 Å². The highest BCUT2D eigenvalue weighted by atomic mass is 32.2. The van der Waals surface area contributed by atoms with E-state index in [2.05, 4.69) is 16.3 Å². The summed E-state index contributed by atoms with van der Waals surface area (Å²) in [7, 11) is -2.42. The number of thiazole rings is 1. The fourth-order valence-electron chi connectivity index (χ4n) is 3.35. The molecule has 0 bridgehead atoms. The number of methoxy groups -OCH3 is 1. The molecule has 0 aliphatic heterocycles. The predicted octanol–water partition coefficient (Wildman–Crippen LogP) is 4.22. The van der Waals surface area contributed by atoms with Crippen LogP contribution in [0, 0.1) is 0 Å². The van der Waals surface area contributed by atoms with Crippen molar-refractivity contribution in [1.29, 1.82) is 0 Å². The minimum absolute atomic E-state index is 0.141. The van der Waals surface area contributed by atoms with Crippen LogP contribution in [-0.4, -0.2) is 32.0 Å². The number of fused-ring (bicyclic) bond motifs is 1. The highest BCUT2D eigenvalue weighted by Crippen LogP contribution is 2.21. The zero-order valence-electron chi connectivity index (χ0n) is 18.7. The number of sulfonamides is 1. The lowest BCUT2D eigenvalue weighted by Gasteiger charge is -2.08. The first-order valence-electron chi connectivity index (χ1n) is 10.4. The van der Waals surface area contributed by atoms with Crippen LogP contribution in [0.3, 0.4) is 0 Å². The summed E-state index contributed by atoms with van der Waals surface area (Å²) in [5, 5.41) is 0. The molecule has 0 atom stereocenters. The Morgan fingerprint density at radius 1 is 1.06 bits per heavy atom. The van der Waals surface area contributed by atoms with Crippen LogP contribution in [0.15, 0.2) is 95.3 Å². The van der Waals surface area contributed by atoms with Gasteiger partial charge in [-0.25, -0.2) is 13.2 Å². The summed E-state index contributed by atoms with van der Waals surface area (Å²) in [5.74, 6) is -0.937. The van der Waals surface area contributed by atoms with Crippen molar-refractivity contribution in [3.63, 3.8) is 0 Å². The second-order valence-corrected chi connectivity index (χ2v) is 10.1. The number of hydrogen-bond donors (Lipinski definition) is 1. The van der Waals surface area contributed by atoms with Crippen molar-refractivity contribution in [1.82, 2.24) is 4.57 Å². The van der Waals surface area contributed by atoms with Crippen LogP contribution in [0.2, 0.25) is 0 Å². The Morgan fingerprint density at radius 3 is 2.40 bits per heavy atom. The quantitative estimate of drug-likeness (QED) is 0.298. The summed E-state index contributed by atoms with van der Waals surface area (Å²) in [6.07, 6.45) is 1.69. The maximum atomic E-state index is 12.9. The fourth-order valence-corrected chi connectivity index (χ4v) is 5.51. The molecule has 8 nitrogen and oxygen atoms in total. The number of hydrogen-bond acceptors (Lipinski definition) is 6. The predicted molar refractivity (Wildman–Crippen MR) is 135 cm³/mol. The first kappa shape index (κ1) is 24.1. The molecule has 1 aromatic heterocycles. The zero-order chi connectivity index (χ0) is 25.0. The van der Waals surface area contributed by atoms with Gasteiger partial charge in [0.1, 0.15) is 0 Å². The van der Waals surface area contributed by atoms with Crippen molar-refractivity contribution in [3.8, 4) is 0 Å². The number of anilines is 1. The van der Waals surface area contributed by atoms with Gasteiger partial charge in [-0.3, -0.25) is 9.52 Å². The molecule has 1 N–H and O–H groups in total. The molecule has 0 saturated heterocycles. The lowest BCUT2D eigenvalue weighted by atomic mass is 10.2. The summed E-state index contributed by atoms with van der Waals surface area (Å²) < 4.78 is 34.9. The van der Waals surface area contributed by atoms with E-state index in [4.69, 9.17) is 4.74 Å². The molecule has 0 aliphatic rings. The van der Waals surface area contributed by atoms with E-state index in [0.717, 1.165) is 10.2 Å². The number of nitrogens with zero attached hydrogens (tertiary/aromatic N) is 2. The summed E-state index contributed by atoms with van der Waals surface area (Å²) in [5.41, 5.74) is 1.83. The number of carbonyl (C=O) groups is 2. The molecule has 10 heteroatoms. The van der Waals surface area contributed by atoms with E-state index in [1.807, 2.05) is 4.57 Å². The smallest absolute Gasteiger partial charge is 0.337 e. The van der Waals surface area contributed by atoms with Gasteiger partial charge in [0, 0.05) is 17.8 Å². The Kier molecular flexibility index (Phi) is 6.94. The van der Waals surface area contributed by atoms with Gasteiger partial charge in [0.05, 0.1) is 27.8 Å². The van der Waals surface area contributed by atoms with Crippen LogP contribution in [-0.2, 0) is 21.3 Å². The number of allylic oxidation sites excluding steroid dienone is 1. The molecule has 0 fully saturated rings. The number of ether oxygens (including phenoxy) is 1. The van der Waals surface area contributed by atoms with Gasteiger partial charge in [-0.2, -0.15) is 4.99 Å². The van der Waals surface area contributed by atoms with Crippen molar-refractivity contribution in [3.05, 3.63) is 101 Å². The van der Waals surface area contributed by atoms with E-state index in [-0.39, 0.29) is 4.90 Å². The molecule has 4 rings (SSSR count). The second kappa shape index (κ2) is 10.1. The van der Waals surface area contributed by atoms with Gasteiger partial charge in [0.2, 0.25) is 0 Å². The molecule has 0 aliphatic carbocycles. The molecule has 0 saturated carbocycles. The van der Waals surface area contributed by atoms with E-state index < -0.39 is 21.9 Å². The van der Waals surface area contributed by atoms with Gasteiger partial charge in [0.15, 0.2) is 4.80 Å². The zero-order valence-corrected chi connectivity index (χ0v) is 20.3. The Morgan fingerprint density at radius 2 is 1.74 bits per heavy atom. The average Bonchev–Trinajstić information content (AvgIpc) is 3.20. The lowest BCUT2D eigenvalue weighted by Crippen LogP contribution is -2.16. The van der Waals surface area contributed by atoms with E-state index >= 15 is 0 Å². The van der Waals surface area contributed by atoms with Crippen LogP contribution in [0.25, 0.3) is 10.2 Å². The summed E-state index contributed by atoms with van der Waals surface area (Å²) in [6.45, 7) is 4.19. The van der Waals surface area contributed by atoms with Gasteiger partial charge >= 0.3 is 5.97 Å². The van der Waals surface area contributed by atoms with Crippen LogP contribution < -0.4 is 9.52 Å². The third kappa shape index (κ3) is 5.23. The van der Waals surface area contributed by atoms with Crippen molar-refractivity contribution in [2.24, 2.45) is 4.99 Å². The fraction of sp³-hybridized carbons (Fsp3) is 0.0800. The summed E-state index contributed by atoms with van der Waals surface area (Å²) >= 11 is 1.27. The lowest BCUT2D eigenvalue weighted by molar-refractivity contribution is 0.0600. The third-order valence-electron chi connectivity index (χ3n) is 5.05. The molecular formula is C25H21N3O5S2. The molecule has 0 unspecified atom stereocenters. The van der Waals surface area contributed by atoms with E-state index in [0.29, 0.717) is 28.2 Å². The highest BCUT2D eigenvalue weighted by molar-refractivity contribution is 7.92. The molecule has 0 radical (unpaired) electrons. The molecule has 3 aromatic carbocycles. The SMILES string of the molecule is C=CCn1c(=NC(=O)c2ccc(NS(=O)(=O)c3ccccc3)cc2)sc2cc(C(=O)OC)ccc21. The first-order chi connectivity index (χ1) is 16.8. The number of rotatable bonds is 7. The highest BCUT2D eigenvalue weighted by Gasteiger charge is 2.15. The Bertz CT molecular complexity index is 1590. The average molecular weight is 508 g/mol. The minimum atomic E-state index is -3.74. The van der Waals surface area contributed by atoms with Crippen molar-refractivity contribution >= 4 is 49.1 Å². The maximum absolute atomic E-state index is 12.9. The molecule has 4 aromatic rings. The standard InChI is InChI=1S/C25H21N3O5S2/c1-3-15-28-21-14-11-18(24(30)33-2)16-22(21)34-25(28)26-23(29)17-9-12-19(13-10-17)27-35(31,32)20-7-5-4-6-8-20/h3-14,16,27H,1,15H2,2H3. The van der Waals surface area contributed by atoms with Gasteiger partial charge in [-0.05, 0) is 54.6 Å². The number of aromatic nitrogens is 1. The van der Waals surface area contributed by atoms with Crippen LogP contribution >= 0.6 is 11.3 Å². The van der Waals surface area contributed by atoms with Crippen LogP contribution in [0.5, 0.6) is 0 Å². The van der Waals surface area contributed by atoms with E-state index in [1.54, 1.807) is 42.5 Å². The second-order valence-electron chi connectivity index (χ2n) is 7.37. The Labute approximate surface area is 205 Å². The van der Waals surface area contributed by atoms with Crippen LogP contribution in [0.1, 0.15) is 20.7 Å². The van der Waals surface area contributed by atoms with Gasteiger partial charge < -0.3 is 9.30 Å².